The van der Waals surface area contributed by atoms with Crippen LogP contribution in [-0.2, 0) is 26.7 Å². The minimum Gasteiger partial charge on any atom is -0.297 e. The lowest BCUT2D eigenvalue weighted by Crippen LogP contribution is -2.40. The van der Waals surface area contributed by atoms with Crippen molar-refractivity contribution in [3.63, 3.8) is 0 Å². The average Bonchev–Trinajstić information content (AvgIpc) is 3.05. The molecule has 0 atom stereocenters. The fourth-order valence-electron chi connectivity index (χ4n) is 3.69. The highest BCUT2D eigenvalue weighted by Crippen LogP contribution is 2.25. The largest absolute Gasteiger partial charge is 0.332 e. The molecule has 8 heteroatoms. The smallest absolute Gasteiger partial charge is 0.297 e. The standard InChI is InChI=1S/C20H24N6O2/c1-5-10-24-18(27)16-17(23(4)20(24)28)21-19-25(16)11-14(3)22-26(19)12-15-9-7-6-8-13(15)2/h6-9H,5,10-12H2,1-4H3. The number of aromatic nitrogens is 4. The molecule has 0 N–H and O–H groups in total. The van der Waals surface area contributed by atoms with Crippen LogP contribution in [-0.4, -0.2) is 24.4 Å². The molecule has 146 valence electrons. The Kier molecular flexibility index (Phi) is 4.41. The van der Waals surface area contributed by atoms with Crippen LogP contribution < -0.4 is 16.3 Å². The van der Waals surface area contributed by atoms with Crippen molar-refractivity contribution in [2.45, 2.75) is 46.8 Å². The summed E-state index contributed by atoms with van der Waals surface area (Å²) < 4.78 is 4.63. The predicted molar refractivity (Wildman–Crippen MR) is 110 cm³/mol. The van der Waals surface area contributed by atoms with E-state index in [1.54, 1.807) is 7.05 Å². The molecule has 3 aromatic rings. The maximum Gasteiger partial charge on any atom is 0.332 e. The van der Waals surface area contributed by atoms with E-state index in [9.17, 15) is 9.59 Å². The van der Waals surface area contributed by atoms with Crippen molar-refractivity contribution >= 4 is 22.8 Å². The molecule has 0 radical (unpaired) electrons. The van der Waals surface area contributed by atoms with Crippen LogP contribution in [0.1, 0.15) is 31.4 Å². The summed E-state index contributed by atoms with van der Waals surface area (Å²) in [7, 11) is 1.66. The van der Waals surface area contributed by atoms with Crippen molar-refractivity contribution < 1.29 is 0 Å². The molecule has 0 spiro atoms. The van der Waals surface area contributed by atoms with Gasteiger partial charge in [0.2, 0.25) is 5.95 Å². The topological polar surface area (TPSA) is 77.4 Å². The van der Waals surface area contributed by atoms with Gasteiger partial charge >= 0.3 is 5.69 Å². The molecule has 0 amide bonds. The summed E-state index contributed by atoms with van der Waals surface area (Å²) in [6, 6.07) is 8.13. The van der Waals surface area contributed by atoms with Crippen LogP contribution in [0.15, 0.2) is 39.0 Å². The number of fused-ring (bicyclic) bond motifs is 3. The Balaban J connectivity index is 1.93. The lowest BCUT2D eigenvalue weighted by atomic mass is 10.1. The minimum absolute atomic E-state index is 0.288. The van der Waals surface area contributed by atoms with Crippen LogP contribution in [0, 0.1) is 6.92 Å². The Morgan fingerprint density at radius 2 is 1.89 bits per heavy atom. The van der Waals surface area contributed by atoms with Crippen molar-refractivity contribution in [1.29, 1.82) is 0 Å². The molecule has 0 fully saturated rings. The molecular formula is C20H24N6O2. The number of hydrogen-bond acceptors (Lipinski definition) is 5. The summed E-state index contributed by atoms with van der Waals surface area (Å²) >= 11 is 0. The molecule has 0 bridgehead atoms. The SMILES string of the molecule is CCCn1c(=O)c2c(nc3n2CC(C)=NN3Cc2ccccc2C)n(C)c1=O. The molecule has 0 saturated carbocycles. The number of anilines is 1. The van der Waals surface area contributed by atoms with E-state index in [2.05, 4.69) is 29.1 Å². The van der Waals surface area contributed by atoms with E-state index in [1.807, 2.05) is 35.6 Å². The zero-order valence-corrected chi connectivity index (χ0v) is 16.6. The summed E-state index contributed by atoms with van der Waals surface area (Å²) in [5, 5.41) is 6.48. The zero-order chi connectivity index (χ0) is 20.0. The van der Waals surface area contributed by atoms with Crippen molar-refractivity contribution in [2.24, 2.45) is 12.1 Å². The highest BCUT2D eigenvalue weighted by molar-refractivity contribution is 5.87. The number of aryl methyl sites for hydroxylation is 2. The Bertz CT molecular complexity index is 1210. The van der Waals surface area contributed by atoms with Gasteiger partial charge in [-0.3, -0.25) is 18.5 Å². The molecule has 8 nitrogen and oxygen atoms in total. The van der Waals surface area contributed by atoms with Crippen LogP contribution in [0.3, 0.4) is 0 Å². The monoisotopic (exact) mass is 380 g/mol. The third kappa shape index (κ3) is 2.76. The summed E-state index contributed by atoms with van der Waals surface area (Å²) in [6.45, 7) is 7.36. The molecule has 0 unspecified atom stereocenters. The lowest BCUT2D eigenvalue weighted by molar-refractivity contribution is 0.590. The second-order valence-electron chi connectivity index (χ2n) is 7.29. The molecule has 1 aliphatic heterocycles. The molecule has 1 aromatic carbocycles. The maximum atomic E-state index is 13.1. The Morgan fingerprint density at radius 1 is 1.14 bits per heavy atom. The summed E-state index contributed by atoms with van der Waals surface area (Å²) in [4.78, 5) is 30.4. The number of hydrogen-bond donors (Lipinski definition) is 0. The van der Waals surface area contributed by atoms with Gasteiger partial charge in [-0.15, -0.1) is 0 Å². The summed E-state index contributed by atoms with van der Waals surface area (Å²) in [6.07, 6.45) is 0.710. The minimum atomic E-state index is -0.335. The van der Waals surface area contributed by atoms with Crippen molar-refractivity contribution in [3.8, 4) is 0 Å². The number of imidazole rings is 1. The van der Waals surface area contributed by atoms with Gasteiger partial charge in [-0.1, -0.05) is 31.2 Å². The second kappa shape index (κ2) is 6.78. The van der Waals surface area contributed by atoms with Gasteiger partial charge in [-0.05, 0) is 31.4 Å². The Morgan fingerprint density at radius 3 is 2.61 bits per heavy atom. The first kappa shape index (κ1) is 18.2. The second-order valence-corrected chi connectivity index (χ2v) is 7.29. The third-order valence-corrected chi connectivity index (χ3v) is 5.15. The molecule has 2 aromatic heterocycles. The van der Waals surface area contributed by atoms with Crippen LogP contribution >= 0.6 is 0 Å². The maximum absolute atomic E-state index is 13.1. The average molecular weight is 380 g/mol. The van der Waals surface area contributed by atoms with E-state index in [4.69, 9.17) is 0 Å². The fourth-order valence-corrected chi connectivity index (χ4v) is 3.69. The highest BCUT2D eigenvalue weighted by Gasteiger charge is 2.26. The quantitative estimate of drug-likeness (QED) is 0.694. The molecule has 4 rings (SSSR count). The van der Waals surface area contributed by atoms with E-state index in [0.29, 0.717) is 43.2 Å². The summed E-state index contributed by atoms with van der Waals surface area (Å²) in [5.41, 5.74) is 3.42. The molecule has 28 heavy (non-hydrogen) atoms. The number of nitrogens with zero attached hydrogens (tertiary/aromatic N) is 6. The van der Waals surface area contributed by atoms with Crippen molar-refractivity contribution in [1.82, 2.24) is 18.7 Å². The van der Waals surface area contributed by atoms with Crippen LogP contribution in [0.5, 0.6) is 0 Å². The van der Waals surface area contributed by atoms with E-state index in [0.717, 1.165) is 11.3 Å². The van der Waals surface area contributed by atoms with Gasteiger partial charge in [0.15, 0.2) is 11.2 Å². The lowest BCUT2D eigenvalue weighted by Gasteiger charge is -2.25. The first-order valence-electron chi connectivity index (χ1n) is 9.48. The van der Waals surface area contributed by atoms with Crippen molar-refractivity contribution in [2.75, 3.05) is 5.01 Å². The molecule has 0 aliphatic carbocycles. The highest BCUT2D eigenvalue weighted by atomic mass is 16.2. The Hall–Kier alpha value is -3.16. The van der Waals surface area contributed by atoms with Gasteiger partial charge in [-0.25, -0.2) is 9.80 Å². The Labute approximate surface area is 162 Å². The van der Waals surface area contributed by atoms with E-state index >= 15 is 0 Å². The number of hydrazone groups is 1. The van der Waals surface area contributed by atoms with E-state index < -0.39 is 0 Å². The van der Waals surface area contributed by atoms with E-state index in [1.165, 1.54) is 14.7 Å². The van der Waals surface area contributed by atoms with Gasteiger partial charge in [0.25, 0.3) is 5.56 Å². The summed E-state index contributed by atoms with van der Waals surface area (Å²) in [5.74, 6) is 0.588. The van der Waals surface area contributed by atoms with Crippen LogP contribution in [0.2, 0.25) is 0 Å². The van der Waals surface area contributed by atoms with Gasteiger partial charge < -0.3 is 0 Å². The van der Waals surface area contributed by atoms with Crippen molar-refractivity contribution in [3.05, 3.63) is 56.2 Å². The molecular weight excluding hydrogens is 356 g/mol. The molecule has 0 saturated heterocycles. The number of benzene rings is 1. The van der Waals surface area contributed by atoms with E-state index in [-0.39, 0.29) is 11.2 Å². The van der Waals surface area contributed by atoms with Gasteiger partial charge in [0, 0.05) is 13.6 Å². The third-order valence-electron chi connectivity index (χ3n) is 5.15. The first-order chi connectivity index (χ1) is 13.4. The zero-order valence-electron chi connectivity index (χ0n) is 16.6. The van der Waals surface area contributed by atoms with Gasteiger partial charge in [0.1, 0.15) is 0 Å². The predicted octanol–water partition coefficient (Wildman–Crippen LogP) is 2.01. The van der Waals surface area contributed by atoms with Gasteiger partial charge in [-0.2, -0.15) is 10.1 Å². The molecule has 3 heterocycles. The van der Waals surface area contributed by atoms with Crippen LogP contribution in [0.25, 0.3) is 11.2 Å². The fraction of sp³-hybridized carbons (Fsp3) is 0.400. The molecule has 1 aliphatic rings. The van der Waals surface area contributed by atoms with Crippen LogP contribution in [0.4, 0.5) is 5.95 Å². The van der Waals surface area contributed by atoms with Gasteiger partial charge in [0.05, 0.1) is 18.8 Å². The number of rotatable bonds is 4. The normalized spacial score (nSPS) is 13.7. The first-order valence-corrected chi connectivity index (χ1v) is 9.48.